The van der Waals surface area contributed by atoms with Gasteiger partial charge in [0.15, 0.2) is 0 Å². The average Bonchev–Trinajstić information content (AvgIpc) is 2.42. The normalized spacial score (nSPS) is 16.3. The van der Waals surface area contributed by atoms with Crippen LogP contribution in [0.2, 0.25) is 0 Å². The van der Waals surface area contributed by atoms with E-state index in [2.05, 4.69) is 4.90 Å². The highest BCUT2D eigenvalue weighted by molar-refractivity contribution is 5.76. The molecular weight excluding hydrogens is 238 g/mol. The third kappa shape index (κ3) is 3.80. The first-order valence-corrected chi connectivity index (χ1v) is 7.12. The first-order chi connectivity index (χ1) is 9.20. The summed E-state index contributed by atoms with van der Waals surface area (Å²) in [6.45, 7) is 8.11. The van der Waals surface area contributed by atoms with Gasteiger partial charge in [-0.25, -0.2) is 0 Å². The number of aryl methyl sites for hydroxylation is 2. The van der Waals surface area contributed by atoms with Gasteiger partial charge in [-0.05, 0) is 63.0 Å². The van der Waals surface area contributed by atoms with Gasteiger partial charge in [-0.2, -0.15) is 0 Å². The SMILES string of the molecule is Cc1cc(C=O)cc(C)c1OCCN1CCCCC1. The Hall–Kier alpha value is -1.35. The zero-order valence-electron chi connectivity index (χ0n) is 11.9. The van der Waals surface area contributed by atoms with Gasteiger partial charge in [0.05, 0.1) is 0 Å². The molecule has 1 saturated heterocycles. The monoisotopic (exact) mass is 261 g/mol. The number of aldehydes is 1. The Morgan fingerprint density at radius 3 is 2.37 bits per heavy atom. The summed E-state index contributed by atoms with van der Waals surface area (Å²) in [5.41, 5.74) is 2.81. The molecule has 0 atom stereocenters. The fourth-order valence-corrected chi connectivity index (χ4v) is 2.74. The van der Waals surface area contributed by atoms with E-state index in [0.29, 0.717) is 0 Å². The molecule has 0 N–H and O–H groups in total. The van der Waals surface area contributed by atoms with Crippen LogP contribution < -0.4 is 4.74 Å². The van der Waals surface area contributed by atoms with Crippen molar-refractivity contribution in [1.29, 1.82) is 0 Å². The molecule has 0 aliphatic carbocycles. The van der Waals surface area contributed by atoms with E-state index in [1.165, 1.54) is 32.4 Å². The smallest absolute Gasteiger partial charge is 0.150 e. The Labute approximate surface area is 115 Å². The summed E-state index contributed by atoms with van der Waals surface area (Å²) in [6, 6.07) is 3.77. The van der Waals surface area contributed by atoms with Crippen LogP contribution in [0.5, 0.6) is 5.75 Å². The third-order valence-corrected chi connectivity index (χ3v) is 3.72. The van der Waals surface area contributed by atoms with Gasteiger partial charge >= 0.3 is 0 Å². The molecule has 0 radical (unpaired) electrons. The molecule has 1 aromatic rings. The zero-order valence-corrected chi connectivity index (χ0v) is 11.9. The highest BCUT2D eigenvalue weighted by Crippen LogP contribution is 2.24. The fraction of sp³-hybridized carbons (Fsp3) is 0.562. The van der Waals surface area contributed by atoms with Crippen molar-refractivity contribution in [2.24, 2.45) is 0 Å². The molecule has 3 heteroatoms. The number of likely N-dealkylation sites (tertiary alicyclic amines) is 1. The highest BCUT2D eigenvalue weighted by atomic mass is 16.5. The lowest BCUT2D eigenvalue weighted by molar-refractivity contribution is 0.112. The molecule has 0 aromatic heterocycles. The largest absolute Gasteiger partial charge is 0.492 e. The van der Waals surface area contributed by atoms with E-state index in [9.17, 15) is 4.79 Å². The summed E-state index contributed by atoms with van der Waals surface area (Å²) >= 11 is 0. The second kappa shape index (κ2) is 6.71. The van der Waals surface area contributed by atoms with Gasteiger partial charge in [0.2, 0.25) is 0 Å². The first-order valence-electron chi connectivity index (χ1n) is 7.12. The summed E-state index contributed by atoms with van der Waals surface area (Å²) in [6.07, 6.45) is 4.87. The maximum absolute atomic E-state index is 10.8. The zero-order chi connectivity index (χ0) is 13.7. The number of piperidine rings is 1. The molecule has 0 saturated carbocycles. The van der Waals surface area contributed by atoms with Crippen LogP contribution in [-0.4, -0.2) is 37.4 Å². The molecule has 1 aliphatic heterocycles. The van der Waals surface area contributed by atoms with Gasteiger partial charge in [-0.1, -0.05) is 6.42 Å². The quantitative estimate of drug-likeness (QED) is 0.763. The second-order valence-corrected chi connectivity index (χ2v) is 5.35. The van der Waals surface area contributed by atoms with Crippen molar-refractivity contribution in [2.75, 3.05) is 26.2 Å². The molecule has 0 unspecified atom stereocenters. The predicted molar refractivity (Wildman–Crippen MR) is 77.1 cm³/mol. The molecule has 2 rings (SSSR count). The van der Waals surface area contributed by atoms with Crippen molar-refractivity contribution in [3.05, 3.63) is 28.8 Å². The maximum Gasteiger partial charge on any atom is 0.150 e. The predicted octanol–water partition coefficient (Wildman–Crippen LogP) is 2.98. The minimum atomic E-state index is 0.721. The number of carbonyl (C=O) groups excluding carboxylic acids is 1. The number of rotatable bonds is 5. The van der Waals surface area contributed by atoms with Crippen LogP contribution >= 0.6 is 0 Å². The lowest BCUT2D eigenvalue weighted by Crippen LogP contribution is -2.33. The van der Waals surface area contributed by atoms with E-state index in [-0.39, 0.29) is 0 Å². The Kier molecular flexibility index (Phi) is 4.97. The van der Waals surface area contributed by atoms with Crippen molar-refractivity contribution < 1.29 is 9.53 Å². The van der Waals surface area contributed by atoms with E-state index < -0.39 is 0 Å². The Balaban J connectivity index is 1.90. The van der Waals surface area contributed by atoms with Crippen molar-refractivity contribution in [1.82, 2.24) is 4.90 Å². The van der Waals surface area contributed by atoms with Crippen LogP contribution in [0.4, 0.5) is 0 Å². The van der Waals surface area contributed by atoms with Crippen LogP contribution in [-0.2, 0) is 0 Å². The highest BCUT2D eigenvalue weighted by Gasteiger charge is 2.11. The Morgan fingerprint density at radius 2 is 1.79 bits per heavy atom. The van der Waals surface area contributed by atoms with Crippen LogP contribution in [0.3, 0.4) is 0 Å². The standard InChI is InChI=1S/C16H23NO2/c1-13-10-15(12-18)11-14(2)16(13)19-9-8-17-6-4-3-5-7-17/h10-12H,3-9H2,1-2H3. The van der Waals surface area contributed by atoms with E-state index in [0.717, 1.165) is 41.9 Å². The fourth-order valence-electron chi connectivity index (χ4n) is 2.74. The van der Waals surface area contributed by atoms with E-state index in [1.54, 1.807) is 0 Å². The van der Waals surface area contributed by atoms with Crippen molar-refractivity contribution >= 4 is 6.29 Å². The van der Waals surface area contributed by atoms with Crippen molar-refractivity contribution in [2.45, 2.75) is 33.1 Å². The number of hydrogen-bond donors (Lipinski definition) is 0. The number of ether oxygens (including phenoxy) is 1. The molecule has 0 bridgehead atoms. The number of carbonyl (C=O) groups is 1. The molecule has 1 fully saturated rings. The molecular formula is C16H23NO2. The van der Waals surface area contributed by atoms with Gasteiger partial charge in [-0.15, -0.1) is 0 Å². The maximum atomic E-state index is 10.8. The molecule has 3 nitrogen and oxygen atoms in total. The van der Waals surface area contributed by atoms with E-state index in [4.69, 9.17) is 4.74 Å². The molecule has 0 spiro atoms. The van der Waals surface area contributed by atoms with E-state index >= 15 is 0 Å². The second-order valence-electron chi connectivity index (χ2n) is 5.35. The molecule has 104 valence electrons. The molecule has 1 heterocycles. The summed E-state index contributed by atoms with van der Waals surface area (Å²) in [7, 11) is 0. The van der Waals surface area contributed by atoms with Gasteiger partial charge < -0.3 is 4.74 Å². The lowest BCUT2D eigenvalue weighted by atomic mass is 10.1. The van der Waals surface area contributed by atoms with Crippen molar-refractivity contribution in [3.8, 4) is 5.75 Å². The summed E-state index contributed by atoms with van der Waals surface area (Å²) in [5, 5.41) is 0. The Bertz CT molecular complexity index is 413. The summed E-state index contributed by atoms with van der Waals surface area (Å²) in [4.78, 5) is 13.3. The van der Waals surface area contributed by atoms with Crippen LogP contribution in [0, 0.1) is 13.8 Å². The lowest BCUT2D eigenvalue weighted by Gasteiger charge is -2.26. The molecule has 1 aliphatic rings. The number of nitrogens with zero attached hydrogens (tertiary/aromatic N) is 1. The number of benzene rings is 1. The molecule has 19 heavy (non-hydrogen) atoms. The van der Waals surface area contributed by atoms with Gasteiger partial charge in [-0.3, -0.25) is 9.69 Å². The first kappa shape index (κ1) is 14.1. The van der Waals surface area contributed by atoms with Crippen LogP contribution in [0.15, 0.2) is 12.1 Å². The number of hydrogen-bond acceptors (Lipinski definition) is 3. The Morgan fingerprint density at radius 1 is 1.16 bits per heavy atom. The average molecular weight is 261 g/mol. The van der Waals surface area contributed by atoms with Gasteiger partial charge in [0, 0.05) is 12.1 Å². The topological polar surface area (TPSA) is 29.5 Å². The third-order valence-electron chi connectivity index (χ3n) is 3.72. The van der Waals surface area contributed by atoms with Crippen LogP contribution in [0.25, 0.3) is 0 Å². The van der Waals surface area contributed by atoms with Crippen molar-refractivity contribution in [3.63, 3.8) is 0 Å². The minimum absolute atomic E-state index is 0.721. The van der Waals surface area contributed by atoms with E-state index in [1.807, 2.05) is 26.0 Å². The van der Waals surface area contributed by atoms with Gasteiger partial charge in [0.25, 0.3) is 0 Å². The summed E-state index contributed by atoms with van der Waals surface area (Å²) in [5.74, 6) is 0.933. The van der Waals surface area contributed by atoms with Gasteiger partial charge in [0.1, 0.15) is 18.6 Å². The molecule has 0 amide bonds. The summed E-state index contributed by atoms with van der Waals surface area (Å²) < 4.78 is 5.91. The van der Waals surface area contributed by atoms with Crippen LogP contribution in [0.1, 0.15) is 40.7 Å². The minimum Gasteiger partial charge on any atom is -0.492 e. The molecule has 1 aromatic carbocycles.